The van der Waals surface area contributed by atoms with Crippen LogP contribution in [0.15, 0.2) is 54.6 Å². The number of carbonyl (C=O) groups excluding carboxylic acids is 6. The van der Waals surface area contributed by atoms with E-state index in [1.165, 1.54) is 18.2 Å². The predicted molar refractivity (Wildman–Crippen MR) is 156 cm³/mol. The summed E-state index contributed by atoms with van der Waals surface area (Å²) in [6.45, 7) is -2.85. The Kier molecular flexibility index (Phi) is 12.2. The second-order valence-corrected chi connectivity index (χ2v) is 9.99. The average molecular weight is 725 g/mol. The second-order valence-electron chi connectivity index (χ2n) is 9.99. The molecule has 1 aliphatic rings. The molecule has 19 heteroatoms. The van der Waals surface area contributed by atoms with Crippen molar-refractivity contribution in [1.29, 1.82) is 0 Å². The summed E-state index contributed by atoms with van der Waals surface area (Å²) in [5, 5.41) is 65.9. The monoisotopic (exact) mass is 725 g/mol. The largest absolute Gasteiger partial charge is 0.504 e. The van der Waals surface area contributed by atoms with Crippen molar-refractivity contribution in [2.24, 2.45) is 0 Å². The second kappa shape index (κ2) is 16.1. The normalized spacial score (nSPS) is 18.1. The molecule has 4 rings (SSSR count). The van der Waals surface area contributed by atoms with E-state index in [0.29, 0.717) is 0 Å². The number of ether oxygens (including phenoxy) is 3. The molecule has 0 aliphatic carbocycles. The van der Waals surface area contributed by atoms with Gasteiger partial charge in [-0.05, 0) is 36.4 Å². The smallest absolute Gasteiger partial charge is 0.332 e. The maximum absolute atomic E-state index is 13.1. The van der Waals surface area contributed by atoms with Gasteiger partial charge in [0.05, 0.1) is 16.7 Å². The summed E-state index contributed by atoms with van der Waals surface area (Å²) in [6.07, 6.45) is 0. The number of amides is 3. The minimum absolute atomic E-state index is 0. The fourth-order valence-electron chi connectivity index (χ4n) is 4.16. The van der Waals surface area contributed by atoms with Crippen molar-refractivity contribution >= 4 is 35.6 Å². The van der Waals surface area contributed by atoms with Gasteiger partial charge in [0.15, 0.2) is 52.6 Å². The molecule has 1 fully saturated rings. The van der Waals surface area contributed by atoms with E-state index < -0.39 is 125 Å². The van der Waals surface area contributed by atoms with Crippen molar-refractivity contribution in [1.82, 2.24) is 16.0 Å². The third kappa shape index (κ3) is 8.79. The molecule has 3 atom stereocenters. The third-order valence-corrected chi connectivity index (χ3v) is 6.72. The molecule has 0 bridgehead atoms. The molecule has 18 nitrogen and oxygen atoms in total. The number of phenols is 6. The molecule has 3 aromatic carbocycles. The summed E-state index contributed by atoms with van der Waals surface area (Å²) < 4.78 is 15.3. The van der Waals surface area contributed by atoms with Crippen molar-refractivity contribution in [3.63, 3.8) is 0 Å². The van der Waals surface area contributed by atoms with Crippen LogP contribution in [0, 0.1) is 0 Å². The number of aromatic hydroxyl groups is 6. The van der Waals surface area contributed by atoms with Gasteiger partial charge in [0.25, 0.3) is 17.7 Å². The summed E-state index contributed by atoms with van der Waals surface area (Å²) in [4.78, 5) is 77.9. The zero-order chi connectivity index (χ0) is 35.1. The molecule has 1 heterocycles. The zero-order valence-electron chi connectivity index (χ0n) is 24.8. The van der Waals surface area contributed by atoms with Gasteiger partial charge in [-0.25, -0.2) is 14.4 Å². The van der Waals surface area contributed by atoms with E-state index in [0.717, 1.165) is 36.4 Å². The molecule has 0 aromatic heterocycles. The fraction of sp³-hybridized carbons (Fsp3) is 0.200. The van der Waals surface area contributed by atoms with Crippen LogP contribution in [0.3, 0.4) is 0 Å². The van der Waals surface area contributed by atoms with Crippen LogP contribution in [0.4, 0.5) is 0 Å². The third-order valence-electron chi connectivity index (χ3n) is 6.72. The van der Waals surface area contributed by atoms with E-state index in [1.807, 2.05) is 0 Å². The first-order chi connectivity index (χ1) is 22.8. The van der Waals surface area contributed by atoms with Crippen LogP contribution in [0.25, 0.3) is 0 Å². The van der Waals surface area contributed by atoms with Gasteiger partial charge in [0.2, 0.25) is 0 Å². The summed E-state index contributed by atoms with van der Waals surface area (Å²) in [5.41, 5.74) is -1.47. The SMILES string of the molecule is O=C(N[C@H]1COC(=O)[C@@H](NC(=O)c2cccc(O)c2O)COC(=O)[C@@H](NC(=O)c2cccc(O)c2O)COC1=O)c1cccc(O)c1O.[Fe]. The Labute approximate surface area is 285 Å². The van der Waals surface area contributed by atoms with E-state index in [-0.39, 0.29) is 17.1 Å². The van der Waals surface area contributed by atoms with Gasteiger partial charge < -0.3 is 60.8 Å². The van der Waals surface area contributed by atoms with Crippen LogP contribution >= 0.6 is 0 Å². The Bertz CT molecular complexity index is 1580. The molecule has 49 heavy (non-hydrogen) atoms. The minimum Gasteiger partial charge on any atom is -0.504 e. The number of rotatable bonds is 6. The molecular formula is C30H27FeN3O15. The van der Waals surface area contributed by atoms with Crippen molar-refractivity contribution in [2.75, 3.05) is 19.8 Å². The number of nitrogens with one attached hydrogen (secondary N) is 3. The summed E-state index contributed by atoms with van der Waals surface area (Å²) in [5.74, 6) is -11.9. The molecule has 0 spiro atoms. The number of benzene rings is 3. The van der Waals surface area contributed by atoms with Crippen LogP contribution in [0.2, 0.25) is 0 Å². The molecule has 3 aromatic rings. The first-order valence-corrected chi connectivity index (χ1v) is 13.7. The van der Waals surface area contributed by atoms with Crippen LogP contribution in [-0.2, 0) is 45.7 Å². The maximum Gasteiger partial charge on any atom is 0.332 e. The number of carbonyl (C=O) groups is 6. The molecule has 9 N–H and O–H groups in total. The first kappa shape index (κ1) is 37.3. The predicted octanol–water partition coefficient (Wildman–Crippen LogP) is -0.744. The number of cyclic esters (lactones) is 3. The molecule has 1 saturated heterocycles. The van der Waals surface area contributed by atoms with Crippen LogP contribution in [0.1, 0.15) is 31.1 Å². The molecule has 0 saturated carbocycles. The van der Waals surface area contributed by atoms with Crippen molar-refractivity contribution < 1.29 is 90.7 Å². The van der Waals surface area contributed by atoms with E-state index in [1.54, 1.807) is 0 Å². The number of esters is 3. The van der Waals surface area contributed by atoms with Crippen LogP contribution < -0.4 is 16.0 Å². The summed E-state index contributed by atoms with van der Waals surface area (Å²) >= 11 is 0. The quantitative estimate of drug-likeness (QED) is 0.0655. The maximum atomic E-state index is 13.1. The zero-order valence-corrected chi connectivity index (χ0v) is 25.9. The molecule has 1 aliphatic heterocycles. The average Bonchev–Trinajstić information content (AvgIpc) is 3.05. The first-order valence-electron chi connectivity index (χ1n) is 13.7. The molecule has 260 valence electrons. The van der Waals surface area contributed by atoms with Gasteiger partial charge in [0, 0.05) is 17.1 Å². The molecule has 0 radical (unpaired) electrons. The Morgan fingerprint density at radius 2 is 0.735 bits per heavy atom. The van der Waals surface area contributed by atoms with Gasteiger partial charge >= 0.3 is 17.9 Å². The minimum atomic E-state index is -1.84. The van der Waals surface area contributed by atoms with E-state index in [4.69, 9.17) is 14.2 Å². The van der Waals surface area contributed by atoms with E-state index in [2.05, 4.69) is 16.0 Å². The number of para-hydroxylation sites is 3. The number of hydrogen-bond acceptors (Lipinski definition) is 15. The van der Waals surface area contributed by atoms with Crippen LogP contribution in [0.5, 0.6) is 34.5 Å². The van der Waals surface area contributed by atoms with Crippen molar-refractivity contribution in [2.45, 2.75) is 18.1 Å². The van der Waals surface area contributed by atoms with Crippen LogP contribution in [-0.4, -0.2) is 104 Å². The van der Waals surface area contributed by atoms with Gasteiger partial charge in [-0.15, -0.1) is 0 Å². The topological polar surface area (TPSA) is 288 Å². The Balaban J connectivity index is 0.00000650. The summed E-state index contributed by atoms with van der Waals surface area (Å²) in [6, 6.07) is 4.64. The van der Waals surface area contributed by atoms with Gasteiger partial charge in [0.1, 0.15) is 19.8 Å². The fourth-order valence-corrected chi connectivity index (χ4v) is 4.16. The number of hydrogen-bond donors (Lipinski definition) is 9. The molecule has 3 amide bonds. The van der Waals surface area contributed by atoms with E-state index >= 15 is 0 Å². The Hall–Kier alpha value is -6.20. The Morgan fingerprint density at radius 3 is 0.980 bits per heavy atom. The van der Waals surface area contributed by atoms with E-state index in [9.17, 15) is 59.4 Å². The van der Waals surface area contributed by atoms with Crippen molar-refractivity contribution in [3.05, 3.63) is 71.3 Å². The van der Waals surface area contributed by atoms with Gasteiger partial charge in [-0.2, -0.15) is 0 Å². The molecule has 0 unspecified atom stereocenters. The Morgan fingerprint density at radius 1 is 0.490 bits per heavy atom. The summed E-state index contributed by atoms with van der Waals surface area (Å²) in [7, 11) is 0. The number of phenolic OH excluding ortho intramolecular Hbond substituents is 6. The van der Waals surface area contributed by atoms with Gasteiger partial charge in [-0.1, -0.05) is 18.2 Å². The molecular weight excluding hydrogens is 698 g/mol. The standard InChI is InChI=1S/C30H27N3O15.Fe/c34-19-7-1-4-13(22(19)37)25(40)31-16-10-46-29(44)18(33-27(42)15-6-3-9-21(36)24(15)39)12-48-30(45)17(11-47-28(16)43)32-26(41)14-5-2-8-20(35)23(14)38;/h1-9,16-18,34-39H,10-12H2,(H,31,40)(H,32,41)(H,33,42);/t16-,17-,18-;/m0./s1. The van der Waals surface area contributed by atoms with Crippen molar-refractivity contribution in [3.8, 4) is 34.5 Å². The van der Waals surface area contributed by atoms with Gasteiger partial charge in [-0.3, -0.25) is 14.4 Å².